The summed E-state index contributed by atoms with van der Waals surface area (Å²) in [6.45, 7) is 5.35. The van der Waals surface area contributed by atoms with Crippen molar-refractivity contribution in [2.75, 3.05) is 45.2 Å². The first kappa shape index (κ1) is 16.2. The molecule has 0 aliphatic carbocycles. The number of rotatable bonds is 8. The molecule has 1 rings (SSSR count). The lowest BCUT2D eigenvalue weighted by atomic mass is 10.4. The summed E-state index contributed by atoms with van der Waals surface area (Å²) in [5, 5.41) is 9.02. The molecule has 1 N–H and O–H groups in total. The topological polar surface area (TPSA) is 78.8 Å². The predicted molar refractivity (Wildman–Crippen MR) is 76.3 cm³/mol. The highest BCUT2D eigenvalue weighted by Gasteiger charge is 2.14. The second-order valence-electron chi connectivity index (χ2n) is 4.66. The van der Waals surface area contributed by atoms with Gasteiger partial charge in [0, 0.05) is 19.2 Å². The molecule has 0 aromatic carbocycles. The maximum Gasteiger partial charge on any atom is 0.323 e. The van der Waals surface area contributed by atoms with Crippen molar-refractivity contribution in [2.45, 2.75) is 13.8 Å². The first-order valence-corrected chi connectivity index (χ1v) is 6.52. The van der Waals surface area contributed by atoms with Crippen LogP contribution in [0.15, 0.2) is 6.07 Å². The van der Waals surface area contributed by atoms with Crippen molar-refractivity contribution in [3.8, 4) is 5.88 Å². The molecular formula is C13H22N4O3. The number of aromatic nitrogens is 2. The SMILES string of the molecule is CCOc1cc(N(CCN(C)C)CC(=O)O)nc(C)n1. The maximum absolute atomic E-state index is 11.0. The Morgan fingerprint density at radius 1 is 1.35 bits per heavy atom. The minimum Gasteiger partial charge on any atom is -0.480 e. The fourth-order valence-corrected chi connectivity index (χ4v) is 1.67. The molecule has 7 heteroatoms. The summed E-state index contributed by atoms with van der Waals surface area (Å²) in [6.07, 6.45) is 0. The second-order valence-corrected chi connectivity index (χ2v) is 4.66. The molecule has 7 nitrogen and oxygen atoms in total. The van der Waals surface area contributed by atoms with Gasteiger partial charge in [0.15, 0.2) is 0 Å². The van der Waals surface area contributed by atoms with Gasteiger partial charge in [-0.1, -0.05) is 0 Å². The lowest BCUT2D eigenvalue weighted by Crippen LogP contribution is -2.36. The second kappa shape index (κ2) is 7.64. The third-order valence-corrected chi connectivity index (χ3v) is 2.56. The van der Waals surface area contributed by atoms with Gasteiger partial charge in [0.25, 0.3) is 0 Å². The van der Waals surface area contributed by atoms with E-state index in [-0.39, 0.29) is 6.54 Å². The number of carboxylic acid groups (broad SMARTS) is 1. The van der Waals surface area contributed by atoms with E-state index in [9.17, 15) is 4.79 Å². The highest BCUT2D eigenvalue weighted by molar-refractivity contribution is 5.73. The molecule has 0 amide bonds. The Labute approximate surface area is 119 Å². The number of aryl methyl sites for hydroxylation is 1. The maximum atomic E-state index is 11.0. The third kappa shape index (κ3) is 5.40. The number of hydrogen-bond donors (Lipinski definition) is 1. The summed E-state index contributed by atoms with van der Waals surface area (Å²) in [6, 6.07) is 1.68. The lowest BCUT2D eigenvalue weighted by Gasteiger charge is -2.24. The van der Waals surface area contributed by atoms with E-state index in [0.29, 0.717) is 30.7 Å². The first-order valence-electron chi connectivity index (χ1n) is 6.52. The molecule has 112 valence electrons. The molecule has 0 bridgehead atoms. The molecule has 20 heavy (non-hydrogen) atoms. The summed E-state index contributed by atoms with van der Waals surface area (Å²) in [5.41, 5.74) is 0. The zero-order valence-corrected chi connectivity index (χ0v) is 12.5. The van der Waals surface area contributed by atoms with Crippen molar-refractivity contribution in [3.05, 3.63) is 11.9 Å². The van der Waals surface area contributed by atoms with E-state index in [1.807, 2.05) is 25.9 Å². The fraction of sp³-hybridized carbons (Fsp3) is 0.615. The van der Waals surface area contributed by atoms with Crippen molar-refractivity contribution < 1.29 is 14.6 Å². The van der Waals surface area contributed by atoms with E-state index in [1.165, 1.54) is 0 Å². The van der Waals surface area contributed by atoms with Gasteiger partial charge < -0.3 is 19.6 Å². The molecule has 0 unspecified atom stereocenters. The predicted octanol–water partition coefficient (Wildman–Crippen LogP) is 0.636. The summed E-state index contributed by atoms with van der Waals surface area (Å²) in [5.74, 6) is 0.713. The standard InChI is InChI=1S/C13H22N4O3/c1-5-20-12-8-11(14-10(2)15-12)17(9-13(18)19)7-6-16(3)4/h8H,5-7,9H2,1-4H3,(H,18,19). The van der Waals surface area contributed by atoms with Crippen LogP contribution in [0.2, 0.25) is 0 Å². The molecular weight excluding hydrogens is 260 g/mol. The van der Waals surface area contributed by atoms with Gasteiger partial charge in [-0.3, -0.25) is 4.79 Å². The summed E-state index contributed by atoms with van der Waals surface area (Å²) in [7, 11) is 3.88. The van der Waals surface area contributed by atoms with Gasteiger partial charge in [0.05, 0.1) is 6.61 Å². The molecule has 1 heterocycles. The van der Waals surface area contributed by atoms with Gasteiger partial charge in [-0.15, -0.1) is 0 Å². The van der Waals surface area contributed by atoms with Crippen molar-refractivity contribution in [1.29, 1.82) is 0 Å². The van der Waals surface area contributed by atoms with Crippen LogP contribution in [0, 0.1) is 6.92 Å². The van der Waals surface area contributed by atoms with Crippen LogP contribution in [0.3, 0.4) is 0 Å². The number of hydrogen-bond acceptors (Lipinski definition) is 6. The smallest absolute Gasteiger partial charge is 0.323 e. The van der Waals surface area contributed by atoms with Crippen molar-refractivity contribution in [2.24, 2.45) is 0 Å². The van der Waals surface area contributed by atoms with E-state index < -0.39 is 5.97 Å². The Morgan fingerprint density at radius 3 is 2.60 bits per heavy atom. The average Bonchev–Trinajstić information content (AvgIpc) is 2.33. The van der Waals surface area contributed by atoms with Gasteiger partial charge in [0.1, 0.15) is 18.2 Å². The van der Waals surface area contributed by atoms with Gasteiger partial charge in [-0.05, 0) is 27.9 Å². The molecule has 0 spiro atoms. The van der Waals surface area contributed by atoms with Crippen LogP contribution < -0.4 is 9.64 Å². The van der Waals surface area contributed by atoms with Gasteiger partial charge in [0.2, 0.25) is 5.88 Å². The van der Waals surface area contributed by atoms with Crippen LogP contribution in [0.4, 0.5) is 5.82 Å². The molecule has 0 atom stereocenters. The van der Waals surface area contributed by atoms with E-state index in [4.69, 9.17) is 9.84 Å². The molecule has 0 saturated carbocycles. The third-order valence-electron chi connectivity index (χ3n) is 2.56. The van der Waals surface area contributed by atoms with Crippen LogP contribution in [-0.4, -0.2) is 66.3 Å². The van der Waals surface area contributed by atoms with Gasteiger partial charge in [-0.25, -0.2) is 4.98 Å². The minimum absolute atomic E-state index is 0.101. The van der Waals surface area contributed by atoms with Gasteiger partial charge >= 0.3 is 5.97 Å². The number of carboxylic acids is 1. The number of likely N-dealkylation sites (N-methyl/N-ethyl adjacent to an activating group) is 1. The highest BCUT2D eigenvalue weighted by Crippen LogP contribution is 2.17. The van der Waals surface area contributed by atoms with E-state index in [2.05, 4.69) is 9.97 Å². The number of aliphatic carboxylic acids is 1. The first-order chi connectivity index (χ1) is 9.42. The fourth-order valence-electron chi connectivity index (χ4n) is 1.67. The molecule has 0 saturated heterocycles. The highest BCUT2D eigenvalue weighted by atomic mass is 16.5. The number of nitrogens with zero attached hydrogens (tertiary/aromatic N) is 4. The van der Waals surface area contributed by atoms with E-state index in [1.54, 1.807) is 17.9 Å². The Hall–Kier alpha value is -1.89. The number of anilines is 1. The summed E-state index contributed by atoms with van der Waals surface area (Å²) < 4.78 is 5.37. The Balaban J connectivity index is 2.95. The summed E-state index contributed by atoms with van der Waals surface area (Å²) in [4.78, 5) is 23.2. The average molecular weight is 282 g/mol. The Morgan fingerprint density at radius 2 is 2.05 bits per heavy atom. The Bertz CT molecular complexity index is 451. The zero-order valence-electron chi connectivity index (χ0n) is 12.5. The van der Waals surface area contributed by atoms with E-state index in [0.717, 1.165) is 6.54 Å². The number of carbonyl (C=O) groups is 1. The normalized spacial score (nSPS) is 10.7. The van der Waals surface area contributed by atoms with Crippen LogP contribution in [0.25, 0.3) is 0 Å². The zero-order chi connectivity index (χ0) is 15.1. The largest absolute Gasteiger partial charge is 0.480 e. The molecule has 1 aromatic rings. The molecule has 0 radical (unpaired) electrons. The molecule has 0 fully saturated rings. The monoisotopic (exact) mass is 282 g/mol. The molecule has 0 aliphatic rings. The van der Waals surface area contributed by atoms with Gasteiger partial charge in [-0.2, -0.15) is 4.98 Å². The van der Waals surface area contributed by atoms with Crippen LogP contribution in [0.5, 0.6) is 5.88 Å². The summed E-state index contributed by atoms with van der Waals surface area (Å²) >= 11 is 0. The number of ether oxygens (including phenoxy) is 1. The van der Waals surface area contributed by atoms with E-state index >= 15 is 0 Å². The van der Waals surface area contributed by atoms with Crippen molar-refractivity contribution >= 4 is 11.8 Å². The van der Waals surface area contributed by atoms with Crippen LogP contribution in [-0.2, 0) is 4.79 Å². The molecule has 0 aliphatic heterocycles. The quantitative estimate of drug-likeness (QED) is 0.749. The molecule has 1 aromatic heterocycles. The van der Waals surface area contributed by atoms with Crippen LogP contribution >= 0.6 is 0 Å². The van der Waals surface area contributed by atoms with Crippen molar-refractivity contribution in [3.63, 3.8) is 0 Å². The minimum atomic E-state index is -0.891. The van der Waals surface area contributed by atoms with Crippen molar-refractivity contribution in [1.82, 2.24) is 14.9 Å². The lowest BCUT2D eigenvalue weighted by molar-refractivity contribution is -0.135. The van der Waals surface area contributed by atoms with Crippen LogP contribution in [0.1, 0.15) is 12.7 Å². The Kier molecular flexibility index (Phi) is 6.17.